The Bertz CT molecular complexity index is 62.7. The van der Waals surface area contributed by atoms with Crippen molar-refractivity contribution >= 4 is 5.91 Å². The molecule has 0 spiro atoms. The van der Waals surface area contributed by atoms with Crippen LogP contribution in [0.2, 0.25) is 0 Å². The Morgan fingerprint density at radius 1 is 1.57 bits per heavy atom. The largest absolute Gasteiger partial charge is 1.00 e. The molecule has 0 radical (unpaired) electrons. The summed E-state index contributed by atoms with van der Waals surface area (Å²) in [5.41, 5.74) is 6.39. The molecule has 2 nitrogen and oxygen atoms in total. The number of carbonyl (C=O) groups excluding carboxylic acids is 1. The van der Waals surface area contributed by atoms with Crippen molar-refractivity contribution in [1.82, 2.24) is 0 Å². The van der Waals surface area contributed by atoms with Crippen molar-refractivity contribution in [2.75, 3.05) is 0 Å². The summed E-state index contributed by atoms with van der Waals surface area (Å²) in [5.74, 6) is -0.611. The van der Waals surface area contributed by atoms with Gasteiger partial charge in [-0.3, -0.25) is 0 Å². The molecule has 0 bridgehead atoms. The molecule has 0 saturated carbocycles. The van der Waals surface area contributed by atoms with E-state index in [0.29, 0.717) is 0 Å². The molecule has 0 heterocycles. The molecular weight excluding hydrogens is 85.0 g/mol. The zero-order valence-electron chi connectivity index (χ0n) is 4.99. The summed E-state index contributed by atoms with van der Waals surface area (Å²) in [6.45, 7) is 3.41. The third-order valence-electron chi connectivity index (χ3n) is 0.524. The number of amides is 1. The molecule has 0 atom stereocenters. The molecule has 0 aromatic heterocycles. The third kappa shape index (κ3) is 6.07. The Kier molecular flexibility index (Phi) is 6.13. The molecule has 0 aliphatic rings. The van der Waals surface area contributed by atoms with Gasteiger partial charge < -0.3 is 10.5 Å². The molecule has 7 heavy (non-hydrogen) atoms. The second kappa shape index (κ2) is 4.23. The molecule has 36 valence electrons. The smallest absolute Gasteiger partial charge is 0.668 e. The minimum atomic E-state index is -0.491. The van der Waals surface area contributed by atoms with Gasteiger partial charge in [-0.05, 0) is 5.92 Å². The van der Waals surface area contributed by atoms with E-state index in [0.717, 1.165) is 0 Å². The van der Waals surface area contributed by atoms with Crippen molar-refractivity contribution in [3.05, 3.63) is 5.73 Å². The van der Waals surface area contributed by atoms with E-state index in [9.17, 15) is 4.79 Å². The van der Waals surface area contributed by atoms with E-state index < -0.39 is 5.91 Å². The summed E-state index contributed by atoms with van der Waals surface area (Å²) < 4.78 is 0. The Hall–Kier alpha value is 0.0674. The molecule has 0 rings (SSSR count). The van der Waals surface area contributed by atoms with Crippen LogP contribution in [0.3, 0.4) is 0 Å². The van der Waals surface area contributed by atoms with Crippen molar-refractivity contribution in [2.24, 2.45) is 5.92 Å². The Morgan fingerprint density at radius 2 is 1.71 bits per heavy atom. The Labute approximate surface area is 55.6 Å². The summed E-state index contributed by atoms with van der Waals surface area (Å²) in [6.07, 6.45) is 0. The summed E-state index contributed by atoms with van der Waals surface area (Å²) in [7, 11) is 0. The van der Waals surface area contributed by atoms with E-state index >= 15 is 0 Å². The minimum absolute atomic E-state index is 0. The molecule has 3 heteroatoms. The SMILES string of the molecule is CC(C)C([NH-])=O.[Li+]. The van der Waals surface area contributed by atoms with E-state index in [-0.39, 0.29) is 24.8 Å². The number of nitrogens with one attached hydrogen (secondary N) is 1. The van der Waals surface area contributed by atoms with Gasteiger partial charge in [0.15, 0.2) is 0 Å². The normalized spacial score (nSPS) is 7.86. The standard InChI is InChI=1S/C4H9NO.Li/c1-3(2)4(5)6;/h3H,1-2H3,(H2,5,6);/q;+1/p-1. The zero-order valence-corrected chi connectivity index (χ0v) is 4.99. The summed E-state index contributed by atoms with van der Waals surface area (Å²) >= 11 is 0. The van der Waals surface area contributed by atoms with Gasteiger partial charge in [0.2, 0.25) is 0 Å². The van der Waals surface area contributed by atoms with Crippen molar-refractivity contribution < 1.29 is 23.7 Å². The molecule has 0 aromatic carbocycles. The number of hydrogen-bond acceptors (Lipinski definition) is 1. The van der Waals surface area contributed by atoms with E-state index in [4.69, 9.17) is 5.73 Å². The fourth-order valence-corrected chi connectivity index (χ4v) is 0. The minimum Gasteiger partial charge on any atom is -0.668 e. The monoisotopic (exact) mass is 93.1 g/mol. The van der Waals surface area contributed by atoms with Gasteiger partial charge in [0.1, 0.15) is 0 Å². The first-order valence-corrected chi connectivity index (χ1v) is 1.90. The fourth-order valence-electron chi connectivity index (χ4n) is 0. The summed E-state index contributed by atoms with van der Waals surface area (Å²) in [4.78, 5) is 9.81. The molecule has 1 amide bonds. The van der Waals surface area contributed by atoms with Crippen LogP contribution < -0.4 is 18.9 Å². The number of carbonyl (C=O) groups is 1. The predicted molar refractivity (Wildman–Crippen MR) is 24.2 cm³/mol. The molecule has 0 saturated heterocycles. The van der Waals surface area contributed by atoms with E-state index in [2.05, 4.69) is 0 Å². The molecule has 1 N–H and O–H groups in total. The maximum absolute atomic E-state index is 9.81. The van der Waals surface area contributed by atoms with E-state index in [1.54, 1.807) is 13.8 Å². The van der Waals surface area contributed by atoms with Crippen molar-refractivity contribution in [3.8, 4) is 0 Å². The van der Waals surface area contributed by atoms with Gasteiger partial charge in [0, 0.05) is 0 Å². The van der Waals surface area contributed by atoms with Crippen LogP contribution in [0.15, 0.2) is 0 Å². The third-order valence-corrected chi connectivity index (χ3v) is 0.524. The maximum atomic E-state index is 9.81. The van der Waals surface area contributed by atoms with Crippen LogP contribution in [0.4, 0.5) is 0 Å². The molecule has 0 fully saturated rings. The van der Waals surface area contributed by atoms with Gasteiger partial charge in [0.25, 0.3) is 0 Å². The van der Waals surface area contributed by atoms with Gasteiger partial charge in [-0.25, -0.2) is 0 Å². The summed E-state index contributed by atoms with van der Waals surface area (Å²) in [5, 5.41) is 0. The second-order valence-corrected chi connectivity index (χ2v) is 1.52. The number of hydrogen-bond donors (Lipinski definition) is 0. The van der Waals surface area contributed by atoms with E-state index in [1.165, 1.54) is 0 Å². The van der Waals surface area contributed by atoms with Crippen LogP contribution in [0.5, 0.6) is 0 Å². The van der Waals surface area contributed by atoms with Crippen LogP contribution in [0, 0.1) is 5.92 Å². The van der Waals surface area contributed by atoms with Crippen molar-refractivity contribution in [2.45, 2.75) is 13.8 Å². The van der Waals surface area contributed by atoms with Gasteiger partial charge in [0.05, 0.1) is 5.91 Å². The van der Waals surface area contributed by atoms with Crippen LogP contribution in [-0.2, 0) is 4.79 Å². The first-order chi connectivity index (χ1) is 2.64. The van der Waals surface area contributed by atoms with Crippen molar-refractivity contribution in [1.29, 1.82) is 0 Å². The molecule has 0 aliphatic heterocycles. The number of rotatable bonds is 1. The van der Waals surface area contributed by atoms with Crippen LogP contribution in [-0.4, -0.2) is 5.91 Å². The summed E-state index contributed by atoms with van der Waals surface area (Å²) in [6, 6.07) is 0. The maximum Gasteiger partial charge on any atom is 1.00 e. The van der Waals surface area contributed by atoms with Gasteiger partial charge in [-0.2, -0.15) is 0 Å². The molecular formula is C4H8LiNO. The Morgan fingerprint density at radius 3 is 1.71 bits per heavy atom. The van der Waals surface area contributed by atoms with E-state index in [1.807, 2.05) is 0 Å². The van der Waals surface area contributed by atoms with Crippen LogP contribution in [0.25, 0.3) is 5.73 Å². The van der Waals surface area contributed by atoms with Gasteiger partial charge in [-0.1, -0.05) is 13.8 Å². The predicted octanol–water partition coefficient (Wildman–Crippen LogP) is -1.77. The quantitative estimate of drug-likeness (QED) is 0.353. The topological polar surface area (TPSA) is 40.9 Å². The van der Waals surface area contributed by atoms with Gasteiger partial charge >= 0.3 is 18.9 Å². The first kappa shape index (κ1) is 10.1. The van der Waals surface area contributed by atoms with Crippen LogP contribution in [0.1, 0.15) is 13.8 Å². The van der Waals surface area contributed by atoms with Crippen molar-refractivity contribution in [3.63, 3.8) is 0 Å². The van der Waals surface area contributed by atoms with Gasteiger partial charge in [-0.15, -0.1) is 0 Å². The fraction of sp³-hybridized carbons (Fsp3) is 0.750. The first-order valence-electron chi connectivity index (χ1n) is 1.90. The molecule has 0 aromatic rings. The second-order valence-electron chi connectivity index (χ2n) is 1.52. The van der Waals surface area contributed by atoms with Crippen LogP contribution >= 0.6 is 0 Å². The molecule has 0 unspecified atom stereocenters. The Balaban J connectivity index is 0. The average Bonchev–Trinajstić information content (AvgIpc) is 1.36. The average molecular weight is 93.1 g/mol. The zero-order chi connectivity index (χ0) is 5.15. The molecule has 0 aliphatic carbocycles.